The Balaban J connectivity index is 0.000000636. The Morgan fingerprint density at radius 1 is 1.33 bits per heavy atom. The third kappa shape index (κ3) is 2.06. The fraction of sp³-hybridized carbons (Fsp3) is 0.412. The minimum absolute atomic E-state index is 0.108. The van der Waals surface area contributed by atoms with Gasteiger partial charge in [-0.1, -0.05) is 26.0 Å². The summed E-state index contributed by atoms with van der Waals surface area (Å²) in [6.07, 6.45) is 2.59. The first-order valence-electron chi connectivity index (χ1n) is 7.36. The summed E-state index contributed by atoms with van der Waals surface area (Å²) < 4.78 is 5.07. The Bertz CT molecular complexity index is 717. The first-order valence-corrected chi connectivity index (χ1v) is 7.36. The lowest BCUT2D eigenvalue weighted by Crippen LogP contribution is -2.03. The Kier molecular flexibility index (Phi) is 3.12. The second-order valence-corrected chi connectivity index (χ2v) is 5.52. The van der Waals surface area contributed by atoms with Crippen LogP contribution in [0.1, 0.15) is 42.6 Å². The van der Waals surface area contributed by atoms with Crippen LogP contribution in [0, 0.1) is 5.92 Å². The highest BCUT2D eigenvalue weighted by atomic mass is 16.5. The van der Waals surface area contributed by atoms with Gasteiger partial charge >= 0.3 is 5.97 Å². The molecule has 0 unspecified atom stereocenters. The van der Waals surface area contributed by atoms with Crippen molar-refractivity contribution in [2.24, 2.45) is 5.92 Å². The molecule has 2 aliphatic carbocycles. The van der Waals surface area contributed by atoms with Gasteiger partial charge in [-0.3, -0.25) is 0 Å². The summed E-state index contributed by atoms with van der Waals surface area (Å²) in [5, 5.41) is 9.98. The average molecular weight is 285 g/mol. The quantitative estimate of drug-likeness (QED) is 0.935. The van der Waals surface area contributed by atoms with Crippen LogP contribution < -0.4 is 4.74 Å². The van der Waals surface area contributed by atoms with E-state index >= 15 is 0 Å². The lowest BCUT2D eigenvalue weighted by atomic mass is 10.0. The van der Waals surface area contributed by atoms with Crippen LogP contribution in [0.25, 0.3) is 10.9 Å². The molecule has 0 radical (unpaired) electrons. The molecule has 21 heavy (non-hydrogen) atoms. The van der Waals surface area contributed by atoms with Crippen LogP contribution in [0.15, 0.2) is 24.3 Å². The second-order valence-electron chi connectivity index (χ2n) is 5.52. The number of aromatic nitrogens is 1. The van der Waals surface area contributed by atoms with E-state index in [2.05, 4.69) is 17.1 Å². The summed E-state index contributed by atoms with van der Waals surface area (Å²) in [7, 11) is 1.45. The van der Waals surface area contributed by atoms with E-state index in [9.17, 15) is 4.79 Å². The minimum atomic E-state index is -1.02. The average Bonchev–Trinajstić information content (AvgIpc) is 3.37. The fourth-order valence-corrected chi connectivity index (χ4v) is 2.94. The van der Waals surface area contributed by atoms with Gasteiger partial charge < -0.3 is 9.84 Å². The number of carbonyl (C=O) groups is 1. The Morgan fingerprint density at radius 3 is 2.52 bits per heavy atom. The van der Waals surface area contributed by atoms with Gasteiger partial charge in [0.25, 0.3) is 0 Å². The number of nitrogens with zero attached hydrogens (tertiary/aromatic N) is 1. The van der Waals surface area contributed by atoms with Gasteiger partial charge in [-0.25, -0.2) is 9.78 Å². The third-order valence-corrected chi connectivity index (χ3v) is 4.46. The molecule has 0 aliphatic heterocycles. The Labute approximate surface area is 123 Å². The summed E-state index contributed by atoms with van der Waals surface area (Å²) >= 11 is 0. The highest BCUT2D eigenvalue weighted by molar-refractivity contribution is 5.95. The summed E-state index contributed by atoms with van der Waals surface area (Å²) in [6.45, 7) is 4.00. The number of hydrogen-bond acceptors (Lipinski definition) is 3. The van der Waals surface area contributed by atoms with Crippen molar-refractivity contribution < 1.29 is 14.6 Å². The van der Waals surface area contributed by atoms with E-state index in [1.54, 1.807) is 6.07 Å². The van der Waals surface area contributed by atoms with E-state index in [1.807, 2.05) is 19.9 Å². The van der Waals surface area contributed by atoms with Crippen molar-refractivity contribution >= 4 is 16.9 Å². The molecule has 0 saturated heterocycles. The maximum absolute atomic E-state index is 11.1. The topological polar surface area (TPSA) is 59.4 Å². The zero-order valence-corrected chi connectivity index (χ0v) is 12.5. The van der Waals surface area contributed by atoms with Crippen LogP contribution in [-0.4, -0.2) is 23.2 Å². The van der Waals surface area contributed by atoms with Gasteiger partial charge in [0.05, 0.1) is 12.6 Å². The van der Waals surface area contributed by atoms with Gasteiger partial charge in [-0.2, -0.15) is 0 Å². The molecule has 2 aliphatic rings. The molecule has 1 aromatic heterocycles. The molecule has 2 saturated carbocycles. The van der Waals surface area contributed by atoms with Crippen LogP contribution in [0.3, 0.4) is 0 Å². The summed E-state index contributed by atoms with van der Waals surface area (Å²) in [4.78, 5) is 15.5. The molecule has 2 aromatic rings. The number of rotatable bonds is 3. The van der Waals surface area contributed by atoms with Gasteiger partial charge in [-0.05, 0) is 41.9 Å². The fourth-order valence-electron chi connectivity index (χ4n) is 2.94. The van der Waals surface area contributed by atoms with Crippen molar-refractivity contribution in [2.75, 3.05) is 7.11 Å². The molecule has 110 valence electrons. The normalized spacial score (nSPS) is 24.6. The smallest absolute Gasteiger partial charge is 0.341 e. The van der Waals surface area contributed by atoms with Crippen molar-refractivity contribution in [3.05, 3.63) is 35.4 Å². The highest BCUT2D eigenvalue weighted by Crippen LogP contribution is 2.75. The van der Waals surface area contributed by atoms with Gasteiger partial charge in [0, 0.05) is 5.39 Å². The van der Waals surface area contributed by atoms with Crippen LogP contribution in [0.4, 0.5) is 0 Å². The van der Waals surface area contributed by atoms with Gasteiger partial charge in [-0.15, -0.1) is 0 Å². The second kappa shape index (κ2) is 4.72. The predicted molar refractivity (Wildman–Crippen MR) is 81.0 cm³/mol. The van der Waals surface area contributed by atoms with Crippen molar-refractivity contribution in [1.29, 1.82) is 0 Å². The number of fused-ring (bicyclic) bond motifs is 2. The maximum Gasteiger partial charge on any atom is 0.341 e. The summed E-state index contributed by atoms with van der Waals surface area (Å²) in [6, 6.07) is 7.78. The van der Waals surface area contributed by atoms with Crippen molar-refractivity contribution in [2.45, 2.75) is 32.1 Å². The molecule has 0 spiro atoms. The summed E-state index contributed by atoms with van der Waals surface area (Å²) in [5.74, 6) is 0.0429. The van der Waals surface area contributed by atoms with Crippen LogP contribution in [0.2, 0.25) is 0 Å². The molecule has 4 rings (SSSR count). The molecule has 4 heteroatoms. The first kappa shape index (κ1) is 13.9. The Morgan fingerprint density at radius 2 is 2.00 bits per heavy atom. The largest absolute Gasteiger partial charge is 0.480 e. The third-order valence-electron chi connectivity index (χ3n) is 4.46. The van der Waals surface area contributed by atoms with Gasteiger partial charge in [0.2, 0.25) is 5.88 Å². The number of methoxy groups -OCH3 is 1. The van der Waals surface area contributed by atoms with E-state index in [1.165, 1.54) is 25.5 Å². The number of benzene rings is 1. The Hall–Kier alpha value is -2.10. The van der Waals surface area contributed by atoms with Gasteiger partial charge in [0.1, 0.15) is 5.56 Å². The molecule has 1 heterocycles. The maximum atomic E-state index is 11.1. The van der Waals surface area contributed by atoms with Crippen LogP contribution >= 0.6 is 0 Å². The van der Waals surface area contributed by atoms with Crippen molar-refractivity contribution in [1.82, 2.24) is 4.98 Å². The van der Waals surface area contributed by atoms with Gasteiger partial charge in [0.15, 0.2) is 0 Å². The van der Waals surface area contributed by atoms with Crippen LogP contribution in [0.5, 0.6) is 5.88 Å². The zero-order chi connectivity index (χ0) is 15.2. The molecule has 1 aromatic carbocycles. The van der Waals surface area contributed by atoms with Crippen molar-refractivity contribution in [3.8, 4) is 5.88 Å². The monoisotopic (exact) mass is 285 g/mol. The van der Waals surface area contributed by atoms with E-state index in [-0.39, 0.29) is 11.4 Å². The number of hydrogen-bond donors (Lipinski definition) is 1. The lowest BCUT2D eigenvalue weighted by molar-refractivity contribution is 0.0692. The van der Waals surface area contributed by atoms with E-state index < -0.39 is 5.97 Å². The first-order chi connectivity index (χ1) is 10.1. The standard InChI is InChI=1S/C15H13NO3.C2H6/c1-19-13-11(14(17)18)4-8-2-3-9(5-12(8)16-13)15-6-10(15)7-15;1-2/h2-5,10H,6-7H2,1H3,(H,17,18);1-2H3. The molecule has 1 N–H and O–H groups in total. The molecular formula is C17H19NO3. The summed E-state index contributed by atoms with van der Waals surface area (Å²) in [5.41, 5.74) is 2.69. The van der Waals surface area contributed by atoms with Crippen molar-refractivity contribution in [3.63, 3.8) is 0 Å². The highest BCUT2D eigenvalue weighted by Gasteiger charge is 2.70. The zero-order valence-electron chi connectivity index (χ0n) is 12.5. The van der Waals surface area contributed by atoms with E-state index in [4.69, 9.17) is 9.84 Å². The molecular weight excluding hydrogens is 266 g/mol. The lowest BCUT2D eigenvalue weighted by Gasteiger charge is -2.09. The van der Waals surface area contributed by atoms with E-state index in [0.717, 1.165) is 16.8 Å². The molecule has 0 bridgehead atoms. The molecule has 2 fully saturated rings. The number of ether oxygens (including phenoxy) is 1. The minimum Gasteiger partial charge on any atom is -0.480 e. The molecule has 0 atom stereocenters. The SMILES string of the molecule is CC.COc1nc2cc(C34CC3C4)ccc2cc1C(=O)O. The number of carboxylic acids is 1. The molecule has 4 nitrogen and oxygen atoms in total. The predicted octanol–water partition coefficient (Wildman–Crippen LogP) is 3.63. The molecule has 0 amide bonds. The number of pyridine rings is 1. The van der Waals surface area contributed by atoms with Crippen LogP contribution in [-0.2, 0) is 5.41 Å². The van der Waals surface area contributed by atoms with E-state index in [0.29, 0.717) is 5.41 Å². The number of aromatic carboxylic acids is 1. The number of carboxylic acid groups (broad SMARTS) is 1.